The Hall–Kier alpha value is -0.530. The van der Waals surface area contributed by atoms with Gasteiger partial charge in [0.25, 0.3) is 0 Å². The van der Waals surface area contributed by atoms with Crippen LogP contribution in [-0.2, 0) is 5.60 Å². The summed E-state index contributed by atoms with van der Waals surface area (Å²) in [5, 5.41) is 11.6. The summed E-state index contributed by atoms with van der Waals surface area (Å²) >= 11 is 6.24. The topological polar surface area (TPSA) is 20.2 Å². The lowest BCUT2D eigenvalue weighted by atomic mass is 9.72. The van der Waals surface area contributed by atoms with E-state index in [0.29, 0.717) is 16.9 Å². The largest absolute Gasteiger partial charge is 0.385 e. The van der Waals surface area contributed by atoms with E-state index in [-0.39, 0.29) is 0 Å². The minimum atomic E-state index is -0.712. The van der Waals surface area contributed by atoms with Gasteiger partial charge in [-0.2, -0.15) is 0 Å². The van der Waals surface area contributed by atoms with Crippen LogP contribution in [0.2, 0.25) is 5.02 Å². The van der Waals surface area contributed by atoms with Crippen molar-refractivity contribution >= 4 is 11.6 Å². The van der Waals surface area contributed by atoms with Gasteiger partial charge < -0.3 is 5.11 Å². The lowest BCUT2D eigenvalue weighted by Gasteiger charge is -2.38. The van der Waals surface area contributed by atoms with Crippen molar-refractivity contribution in [3.8, 4) is 0 Å². The molecule has 0 saturated heterocycles. The second-order valence-electron chi connectivity index (χ2n) is 6.10. The molecule has 18 heavy (non-hydrogen) atoms. The van der Waals surface area contributed by atoms with Gasteiger partial charge in [0.2, 0.25) is 0 Å². The molecule has 0 amide bonds. The van der Waals surface area contributed by atoms with Crippen LogP contribution < -0.4 is 0 Å². The van der Waals surface area contributed by atoms with Crippen LogP contribution in [0.3, 0.4) is 0 Å². The predicted octanol–water partition coefficient (Wildman–Crippen LogP) is 4.76. The Kier molecular flexibility index (Phi) is 4.34. The van der Waals surface area contributed by atoms with Crippen molar-refractivity contribution < 1.29 is 5.11 Å². The molecule has 2 unspecified atom stereocenters. The molecule has 0 radical (unpaired) electrons. The van der Waals surface area contributed by atoms with Gasteiger partial charge in [-0.3, -0.25) is 0 Å². The average Bonchev–Trinajstić information content (AvgIpc) is 2.28. The normalized spacial score (nSPS) is 28.6. The minimum Gasteiger partial charge on any atom is -0.385 e. The number of aliphatic hydroxyl groups is 1. The van der Waals surface area contributed by atoms with Gasteiger partial charge in [0.05, 0.1) is 5.60 Å². The SMILES string of the molecule is CC(C)CC1CCCC(O)(c2ccccc2Cl)C1. The second kappa shape index (κ2) is 5.63. The Bertz CT molecular complexity index is 402. The number of rotatable bonds is 3. The van der Waals surface area contributed by atoms with E-state index in [1.54, 1.807) is 0 Å². The van der Waals surface area contributed by atoms with E-state index in [9.17, 15) is 5.11 Å². The van der Waals surface area contributed by atoms with Gasteiger partial charge >= 0.3 is 0 Å². The first-order valence-corrected chi connectivity index (χ1v) is 7.36. The average molecular weight is 267 g/mol. The summed E-state index contributed by atoms with van der Waals surface area (Å²) in [6.45, 7) is 4.51. The highest BCUT2D eigenvalue weighted by molar-refractivity contribution is 6.31. The zero-order chi connectivity index (χ0) is 13.2. The van der Waals surface area contributed by atoms with Crippen LogP contribution in [0.1, 0.15) is 51.5 Å². The monoisotopic (exact) mass is 266 g/mol. The van der Waals surface area contributed by atoms with E-state index in [1.165, 1.54) is 12.8 Å². The van der Waals surface area contributed by atoms with Crippen LogP contribution in [0.5, 0.6) is 0 Å². The van der Waals surface area contributed by atoms with Gasteiger partial charge in [0.15, 0.2) is 0 Å². The standard InChI is InChI=1S/C16H23ClO/c1-12(2)10-13-6-5-9-16(18,11-13)14-7-3-4-8-15(14)17/h3-4,7-8,12-13,18H,5-6,9-11H2,1-2H3. The van der Waals surface area contributed by atoms with Crippen LogP contribution in [-0.4, -0.2) is 5.11 Å². The Balaban J connectivity index is 2.18. The van der Waals surface area contributed by atoms with Crippen molar-refractivity contribution in [2.24, 2.45) is 11.8 Å². The smallest absolute Gasteiger partial charge is 0.0913 e. The summed E-state index contributed by atoms with van der Waals surface area (Å²) in [7, 11) is 0. The molecule has 0 heterocycles. The van der Waals surface area contributed by atoms with Crippen molar-refractivity contribution in [1.82, 2.24) is 0 Å². The van der Waals surface area contributed by atoms with Gasteiger partial charge in [0, 0.05) is 10.6 Å². The molecule has 1 fully saturated rings. The molecule has 0 aliphatic heterocycles. The lowest BCUT2D eigenvalue weighted by molar-refractivity contribution is -0.0243. The van der Waals surface area contributed by atoms with Gasteiger partial charge in [-0.1, -0.05) is 50.1 Å². The lowest BCUT2D eigenvalue weighted by Crippen LogP contribution is -2.33. The molecule has 2 heteroatoms. The molecule has 1 aromatic carbocycles. The van der Waals surface area contributed by atoms with Gasteiger partial charge in [0.1, 0.15) is 0 Å². The molecule has 100 valence electrons. The molecule has 2 rings (SSSR count). The van der Waals surface area contributed by atoms with Crippen LogP contribution in [0.4, 0.5) is 0 Å². The Morgan fingerprint density at radius 1 is 1.39 bits per heavy atom. The zero-order valence-corrected chi connectivity index (χ0v) is 12.1. The van der Waals surface area contributed by atoms with E-state index in [2.05, 4.69) is 13.8 Å². The van der Waals surface area contributed by atoms with Crippen LogP contribution in [0, 0.1) is 11.8 Å². The van der Waals surface area contributed by atoms with Crippen molar-refractivity contribution in [2.75, 3.05) is 0 Å². The molecule has 1 saturated carbocycles. The van der Waals surface area contributed by atoms with Crippen molar-refractivity contribution in [2.45, 2.75) is 51.6 Å². The third-order valence-electron chi connectivity index (χ3n) is 4.01. The maximum absolute atomic E-state index is 10.9. The number of hydrogen-bond donors (Lipinski definition) is 1. The Morgan fingerprint density at radius 2 is 2.11 bits per heavy atom. The van der Waals surface area contributed by atoms with E-state index in [1.807, 2.05) is 24.3 Å². The van der Waals surface area contributed by atoms with Crippen molar-refractivity contribution in [1.29, 1.82) is 0 Å². The van der Waals surface area contributed by atoms with Crippen LogP contribution in [0.25, 0.3) is 0 Å². The predicted molar refractivity (Wildman–Crippen MR) is 76.8 cm³/mol. The number of hydrogen-bond acceptors (Lipinski definition) is 1. The maximum Gasteiger partial charge on any atom is 0.0913 e. The molecule has 0 bridgehead atoms. The van der Waals surface area contributed by atoms with E-state index in [4.69, 9.17) is 11.6 Å². The fourth-order valence-corrected chi connectivity index (χ4v) is 3.63. The Morgan fingerprint density at radius 3 is 2.78 bits per heavy atom. The van der Waals surface area contributed by atoms with Crippen molar-refractivity contribution in [3.63, 3.8) is 0 Å². The first kappa shape index (κ1) is 13.9. The van der Waals surface area contributed by atoms with Gasteiger partial charge in [-0.25, -0.2) is 0 Å². The van der Waals surface area contributed by atoms with Crippen LogP contribution >= 0.6 is 11.6 Å². The highest BCUT2D eigenvalue weighted by Gasteiger charge is 2.37. The zero-order valence-electron chi connectivity index (χ0n) is 11.3. The van der Waals surface area contributed by atoms with E-state index in [0.717, 1.165) is 24.8 Å². The quantitative estimate of drug-likeness (QED) is 0.836. The maximum atomic E-state index is 10.9. The fourth-order valence-electron chi connectivity index (χ4n) is 3.32. The third-order valence-corrected chi connectivity index (χ3v) is 4.34. The highest BCUT2D eigenvalue weighted by atomic mass is 35.5. The molecule has 0 spiro atoms. The molecule has 1 aromatic rings. The van der Waals surface area contributed by atoms with Crippen LogP contribution in [0.15, 0.2) is 24.3 Å². The summed E-state index contributed by atoms with van der Waals surface area (Å²) in [4.78, 5) is 0. The molecule has 1 aliphatic carbocycles. The summed E-state index contributed by atoms with van der Waals surface area (Å²) in [5.41, 5.74) is 0.205. The molecule has 1 nitrogen and oxygen atoms in total. The van der Waals surface area contributed by atoms with Gasteiger partial charge in [-0.15, -0.1) is 0 Å². The minimum absolute atomic E-state index is 0.625. The summed E-state index contributed by atoms with van der Waals surface area (Å²) in [5.74, 6) is 1.32. The first-order valence-electron chi connectivity index (χ1n) is 6.98. The molecule has 0 aromatic heterocycles. The fraction of sp³-hybridized carbons (Fsp3) is 0.625. The highest BCUT2D eigenvalue weighted by Crippen LogP contribution is 2.43. The summed E-state index contributed by atoms with van der Waals surface area (Å²) < 4.78 is 0. The molecule has 1 N–H and O–H groups in total. The van der Waals surface area contributed by atoms with Crippen molar-refractivity contribution in [3.05, 3.63) is 34.9 Å². The van der Waals surface area contributed by atoms with E-state index >= 15 is 0 Å². The third kappa shape index (κ3) is 3.07. The number of benzene rings is 1. The second-order valence-corrected chi connectivity index (χ2v) is 6.51. The molecule has 2 atom stereocenters. The summed E-state index contributed by atoms with van der Waals surface area (Å²) in [6.07, 6.45) is 5.23. The first-order chi connectivity index (χ1) is 8.51. The molecular formula is C16H23ClO. The number of halogens is 1. The summed E-state index contributed by atoms with van der Waals surface area (Å²) in [6, 6.07) is 7.73. The van der Waals surface area contributed by atoms with Gasteiger partial charge in [-0.05, 0) is 43.6 Å². The van der Waals surface area contributed by atoms with E-state index < -0.39 is 5.60 Å². The molecule has 1 aliphatic rings. The Labute approximate surface area is 115 Å². The molecular weight excluding hydrogens is 244 g/mol.